The number of nitrogens with zero attached hydrogens (tertiary/aromatic N) is 2. The smallest absolute Gasteiger partial charge is 0.222 e. The van der Waals surface area contributed by atoms with E-state index in [9.17, 15) is 4.79 Å². The van der Waals surface area contributed by atoms with Crippen molar-refractivity contribution in [1.82, 2.24) is 15.5 Å². The molecular weight excluding hydrogens is 471 g/mol. The van der Waals surface area contributed by atoms with Crippen LogP contribution in [0.2, 0.25) is 0 Å². The first-order valence-corrected chi connectivity index (χ1v) is 9.75. The lowest BCUT2D eigenvalue weighted by atomic mass is 10.3. The number of halogens is 1. The Balaban J connectivity index is 0.00000392. The van der Waals surface area contributed by atoms with Crippen molar-refractivity contribution >= 4 is 35.8 Å². The third-order valence-corrected chi connectivity index (χ3v) is 4.43. The molecule has 1 heterocycles. The average molecular weight is 504 g/mol. The molecule has 0 radical (unpaired) electrons. The van der Waals surface area contributed by atoms with Gasteiger partial charge in [0.05, 0.1) is 13.7 Å². The van der Waals surface area contributed by atoms with Crippen LogP contribution in [0.15, 0.2) is 29.3 Å². The van der Waals surface area contributed by atoms with E-state index in [1.165, 1.54) is 0 Å². The first kappa shape index (κ1) is 24.3. The Morgan fingerprint density at radius 3 is 2.61 bits per heavy atom. The van der Waals surface area contributed by atoms with Gasteiger partial charge in [-0.2, -0.15) is 0 Å². The number of hydrogen-bond donors (Lipinski definition) is 2. The van der Waals surface area contributed by atoms with E-state index >= 15 is 0 Å². The standard InChI is InChI=1S/C20H32N4O3.HI/c1-4-19(25)24-13-11-16(15-24)23-20(21-5-2)22-12-6-14-27-18-9-7-17(26-3)8-10-18;/h7-10,16H,4-6,11-15H2,1-3H3,(H2,21,22,23);1H. The van der Waals surface area contributed by atoms with E-state index in [2.05, 4.69) is 15.6 Å². The molecule has 0 spiro atoms. The Labute approximate surface area is 185 Å². The number of methoxy groups -OCH3 is 1. The highest BCUT2D eigenvalue weighted by molar-refractivity contribution is 14.0. The van der Waals surface area contributed by atoms with Crippen molar-refractivity contribution in [3.63, 3.8) is 0 Å². The number of carbonyl (C=O) groups excluding carboxylic acids is 1. The maximum atomic E-state index is 11.8. The largest absolute Gasteiger partial charge is 0.497 e. The number of rotatable bonds is 9. The summed E-state index contributed by atoms with van der Waals surface area (Å²) in [5, 5.41) is 6.71. The summed E-state index contributed by atoms with van der Waals surface area (Å²) >= 11 is 0. The zero-order chi connectivity index (χ0) is 19.5. The van der Waals surface area contributed by atoms with Gasteiger partial charge in [-0.1, -0.05) is 6.92 Å². The molecular formula is C20H33IN4O3. The van der Waals surface area contributed by atoms with Gasteiger partial charge in [-0.05, 0) is 37.6 Å². The minimum Gasteiger partial charge on any atom is -0.497 e. The van der Waals surface area contributed by atoms with Crippen molar-refractivity contribution < 1.29 is 14.3 Å². The van der Waals surface area contributed by atoms with Crippen molar-refractivity contribution in [2.75, 3.05) is 39.9 Å². The van der Waals surface area contributed by atoms with Crippen LogP contribution in [0.4, 0.5) is 0 Å². The zero-order valence-electron chi connectivity index (χ0n) is 17.1. The first-order chi connectivity index (χ1) is 13.2. The van der Waals surface area contributed by atoms with E-state index in [-0.39, 0.29) is 35.9 Å². The van der Waals surface area contributed by atoms with Crippen LogP contribution in [-0.4, -0.2) is 62.7 Å². The molecule has 0 saturated carbocycles. The summed E-state index contributed by atoms with van der Waals surface area (Å²) < 4.78 is 10.9. The first-order valence-electron chi connectivity index (χ1n) is 9.75. The van der Waals surface area contributed by atoms with Gasteiger partial charge in [0.25, 0.3) is 0 Å². The quantitative estimate of drug-likeness (QED) is 0.234. The van der Waals surface area contributed by atoms with Gasteiger partial charge < -0.3 is 25.0 Å². The Hall–Kier alpha value is -1.71. The third-order valence-electron chi connectivity index (χ3n) is 4.43. The molecule has 2 rings (SSSR count). The molecule has 1 saturated heterocycles. The molecule has 28 heavy (non-hydrogen) atoms. The second-order valence-corrected chi connectivity index (χ2v) is 6.46. The zero-order valence-corrected chi connectivity index (χ0v) is 19.4. The second-order valence-electron chi connectivity index (χ2n) is 6.46. The minimum absolute atomic E-state index is 0. The van der Waals surface area contributed by atoms with Crippen molar-refractivity contribution in [1.29, 1.82) is 0 Å². The molecule has 1 aliphatic rings. The number of amides is 1. The number of ether oxygens (including phenoxy) is 2. The summed E-state index contributed by atoms with van der Waals surface area (Å²) in [6, 6.07) is 7.83. The van der Waals surface area contributed by atoms with Gasteiger partial charge in [0.15, 0.2) is 5.96 Å². The Bertz CT molecular complexity index is 610. The van der Waals surface area contributed by atoms with Gasteiger partial charge in [-0.25, -0.2) is 0 Å². The number of guanidine groups is 1. The lowest BCUT2D eigenvalue weighted by molar-refractivity contribution is -0.129. The van der Waals surface area contributed by atoms with Crippen LogP contribution in [0.5, 0.6) is 11.5 Å². The maximum absolute atomic E-state index is 11.8. The molecule has 1 aliphatic heterocycles. The van der Waals surface area contributed by atoms with Crippen molar-refractivity contribution in [3.8, 4) is 11.5 Å². The topological polar surface area (TPSA) is 75.2 Å². The summed E-state index contributed by atoms with van der Waals surface area (Å²) in [6.07, 6.45) is 2.35. The Morgan fingerprint density at radius 1 is 1.25 bits per heavy atom. The van der Waals surface area contributed by atoms with E-state index in [1.807, 2.05) is 43.0 Å². The molecule has 2 N–H and O–H groups in total. The van der Waals surface area contributed by atoms with Crippen LogP contribution in [0, 0.1) is 0 Å². The Morgan fingerprint density at radius 2 is 1.96 bits per heavy atom. The van der Waals surface area contributed by atoms with Gasteiger partial charge in [0.2, 0.25) is 5.91 Å². The molecule has 8 heteroatoms. The average Bonchev–Trinajstić information content (AvgIpc) is 3.16. The number of aliphatic imine (C=N–C) groups is 1. The predicted molar refractivity (Wildman–Crippen MR) is 123 cm³/mol. The fraction of sp³-hybridized carbons (Fsp3) is 0.600. The SMILES string of the molecule is CCNC(=NCCCOc1ccc(OC)cc1)NC1CCN(C(=O)CC)C1.I. The molecule has 0 aliphatic carbocycles. The minimum atomic E-state index is 0. The summed E-state index contributed by atoms with van der Waals surface area (Å²) in [5.41, 5.74) is 0. The number of hydrogen-bond acceptors (Lipinski definition) is 4. The molecule has 1 aromatic rings. The number of benzene rings is 1. The molecule has 7 nitrogen and oxygen atoms in total. The normalized spacial score (nSPS) is 16.3. The van der Waals surface area contributed by atoms with Gasteiger partial charge in [-0.3, -0.25) is 9.79 Å². The Kier molecular flexibility index (Phi) is 11.7. The molecule has 0 bridgehead atoms. The van der Waals surface area contributed by atoms with E-state index in [0.717, 1.165) is 49.9 Å². The van der Waals surface area contributed by atoms with Crippen LogP contribution < -0.4 is 20.1 Å². The highest BCUT2D eigenvalue weighted by Gasteiger charge is 2.25. The van der Waals surface area contributed by atoms with Crippen molar-refractivity contribution in [2.45, 2.75) is 39.2 Å². The molecule has 158 valence electrons. The third kappa shape index (κ3) is 8.12. The molecule has 1 atom stereocenters. The molecule has 1 fully saturated rings. The monoisotopic (exact) mass is 504 g/mol. The fourth-order valence-corrected chi connectivity index (χ4v) is 2.96. The number of nitrogens with one attached hydrogen (secondary N) is 2. The lowest BCUT2D eigenvalue weighted by Gasteiger charge is -2.18. The van der Waals surface area contributed by atoms with E-state index in [1.54, 1.807) is 7.11 Å². The molecule has 1 aromatic carbocycles. The van der Waals surface area contributed by atoms with Crippen molar-refractivity contribution in [3.05, 3.63) is 24.3 Å². The van der Waals surface area contributed by atoms with Crippen LogP contribution in [0.3, 0.4) is 0 Å². The van der Waals surface area contributed by atoms with Crippen molar-refractivity contribution in [2.24, 2.45) is 4.99 Å². The summed E-state index contributed by atoms with van der Waals surface area (Å²) in [4.78, 5) is 18.3. The van der Waals surface area contributed by atoms with E-state index in [0.29, 0.717) is 19.6 Å². The number of likely N-dealkylation sites (tertiary alicyclic amines) is 1. The van der Waals surface area contributed by atoms with Crippen LogP contribution in [0.25, 0.3) is 0 Å². The highest BCUT2D eigenvalue weighted by atomic mass is 127. The fourth-order valence-electron chi connectivity index (χ4n) is 2.96. The van der Waals surface area contributed by atoms with E-state index in [4.69, 9.17) is 9.47 Å². The van der Waals surface area contributed by atoms with Crippen LogP contribution in [-0.2, 0) is 4.79 Å². The van der Waals surface area contributed by atoms with Gasteiger partial charge in [-0.15, -0.1) is 24.0 Å². The molecule has 0 aromatic heterocycles. The summed E-state index contributed by atoms with van der Waals surface area (Å²) in [6.45, 7) is 7.61. The number of carbonyl (C=O) groups is 1. The van der Waals surface area contributed by atoms with E-state index < -0.39 is 0 Å². The highest BCUT2D eigenvalue weighted by Crippen LogP contribution is 2.17. The predicted octanol–water partition coefficient (Wildman–Crippen LogP) is 2.65. The summed E-state index contributed by atoms with van der Waals surface area (Å²) in [5.74, 6) is 2.67. The van der Waals surface area contributed by atoms with Gasteiger partial charge in [0.1, 0.15) is 11.5 Å². The molecule has 1 amide bonds. The van der Waals surface area contributed by atoms with Crippen LogP contribution in [0.1, 0.15) is 33.1 Å². The molecule has 1 unspecified atom stereocenters. The van der Waals surface area contributed by atoms with Crippen LogP contribution >= 0.6 is 24.0 Å². The lowest BCUT2D eigenvalue weighted by Crippen LogP contribution is -2.45. The second kappa shape index (κ2) is 13.5. The summed E-state index contributed by atoms with van der Waals surface area (Å²) in [7, 11) is 1.65. The maximum Gasteiger partial charge on any atom is 0.222 e. The van der Waals surface area contributed by atoms with Gasteiger partial charge >= 0.3 is 0 Å². The van der Waals surface area contributed by atoms with Gasteiger partial charge in [0, 0.05) is 45.1 Å².